The first-order valence-electron chi connectivity index (χ1n) is 4.65. The zero-order valence-corrected chi connectivity index (χ0v) is 8.42. The number of aromatic amines is 1. The van der Waals surface area contributed by atoms with Gasteiger partial charge in [-0.1, -0.05) is 6.07 Å². The monoisotopic (exact) mass is 206 g/mol. The topological polar surface area (TPSA) is 44.8 Å². The van der Waals surface area contributed by atoms with Gasteiger partial charge in [-0.05, 0) is 17.9 Å². The highest BCUT2D eigenvalue weighted by Gasteiger charge is 2.18. The Hall–Kier alpha value is -1.36. The van der Waals surface area contributed by atoms with Gasteiger partial charge in [0.15, 0.2) is 5.82 Å². The minimum Gasteiger partial charge on any atom is -0.339 e. The van der Waals surface area contributed by atoms with E-state index < -0.39 is 0 Å². The van der Waals surface area contributed by atoms with Crippen LogP contribution in [0.2, 0.25) is 0 Å². The number of nitrogens with zero attached hydrogens (tertiary/aromatic N) is 3. The second kappa shape index (κ2) is 3.09. The second-order valence-corrected chi connectivity index (χ2v) is 4.25. The molecule has 2 aromatic rings. The molecule has 0 aliphatic carbocycles. The van der Waals surface area contributed by atoms with E-state index in [1.807, 2.05) is 17.5 Å². The molecule has 5 heteroatoms. The molecule has 1 fully saturated rings. The van der Waals surface area contributed by atoms with Crippen molar-refractivity contribution in [2.45, 2.75) is 6.42 Å². The van der Waals surface area contributed by atoms with Gasteiger partial charge in [-0.25, -0.2) is 0 Å². The van der Waals surface area contributed by atoms with Gasteiger partial charge in [-0.3, -0.25) is 5.10 Å². The van der Waals surface area contributed by atoms with E-state index in [0.717, 1.165) is 29.7 Å². The van der Waals surface area contributed by atoms with Gasteiger partial charge in [-0.2, -0.15) is 4.98 Å². The molecule has 0 unspecified atom stereocenters. The van der Waals surface area contributed by atoms with Crippen molar-refractivity contribution in [2.24, 2.45) is 0 Å². The van der Waals surface area contributed by atoms with E-state index in [4.69, 9.17) is 0 Å². The highest BCUT2D eigenvalue weighted by molar-refractivity contribution is 7.13. The largest absolute Gasteiger partial charge is 0.339 e. The van der Waals surface area contributed by atoms with Gasteiger partial charge in [0.05, 0.1) is 4.88 Å². The molecule has 0 saturated carbocycles. The average Bonchev–Trinajstić information content (AvgIpc) is 2.65. The summed E-state index contributed by atoms with van der Waals surface area (Å²) in [6.07, 6.45) is 1.25. The van der Waals surface area contributed by atoms with Crippen LogP contribution in [0, 0.1) is 0 Å². The number of hydrogen-bond donors (Lipinski definition) is 1. The van der Waals surface area contributed by atoms with Crippen LogP contribution in [0.3, 0.4) is 0 Å². The zero-order chi connectivity index (χ0) is 9.38. The van der Waals surface area contributed by atoms with Crippen molar-refractivity contribution in [3.8, 4) is 10.7 Å². The average molecular weight is 206 g/mol. The SMILES string of the molecule is c1csc(-c2nc(N3CCC3)n[nH]2)c1. The lowest BCUT2D eigenvalue weighted by atomic mass is 10.2. The predicted octanol–water partition coefficient (Wildman–Crippen LogP) is 1.74. The first-order chi connectivity index (χ1) is 6.93. The third-order valence-electron chi connectivity index (χ3n) is 2.37. The molecular weight excluding hydrogens is 196 g/mol. The molecule has 72 valence electrons. The Labute approximate surface area is 85.6 Å². The molecule has 1 N–H and O–H groups in total. The van der Waals surface area contributed by atoms with Crippen molar-refractivity contribution in [3.63, 3.8) is 0 Å². The summed E-state index contributed by atoms with van der Waals surface area (Å²) in [5.74, 6) is 1.71. The van der Waals surface area contributed by atoms with E-state index in [2.05, 4.69) is 20.1 Å². The molecule has 0 bridgehead atoms. The van der Waals surface area contributed by atoms with Crippen molar-refractivity contribution in [3.05, 3.63) is 17.5 Å². The number of H-pyrrole nitrogens is 1. The Morgan fingerprint density at radius 2 is 2.36 bits per heavy atom. The summed E-state index contributed by atoms with van der Waals surface area (Å²) in [5.41, 5.74) is 0. The maximum atomic E-state index is 4.44. The minimum atomic E-state index is 0.833. The van der Waals surface area contributed by atoms with E-state index in [-0.39, 0.29) is 0 Å². The Morgan fingerprint density at radius 1 is 1.43 bits per heavy atom. The molecule has 0 aromatic carbocycles. The third kappa shape index (κ3) is 1.21. The summed E-state index contributed by atoms with van der Waals surface area (Å²) in [6.45, 7) is 2.17. The van der Waals surface area contributed by atoms with Crippen molar-refractivity contribution in [1.82, 2.24) is 15.2 Å². The summed E-state index contributed by atoms with van der Waals surface area (Å²) in [5, 5.41) is 9.20. The van der Waals surface area contributed by atoms with E-state index in [9.17, 15) is 0 Å². The molecule has 4 nitrogen and oxygen atoms in total. The maximum absolute atomic E-state index is 4.44. The third-order valence-corrected chi connectivity index (χ3v) is 3.24. The maximum Gasteiger partial charge on any atom is 0.245 e. The fourth-order valence-corrected chi connectivity index (χ4v) is 2.10. The smallest absolute Gasteiger partial charge is 0.245 e. The van der Waals surface area contributed by atoms with Crippen molar-refractivity contribution in [1.29, 1.82) is 0 Å². The fraction of sp³-hybridized carbons (Fsp3) is 0.333. The number of aromatic nitrogens is 3. The molecule has 1 saturated heterocycles. The minimum absolute atomic E-state index is 0.833. The molecular formula is C9H10N4S. The molecule has 1 aliphatic rings. The second-order valence-electron chi connectivity index (χ2n) is 3.30. The number of rotatable bonds is 2. The summed E-state index contributed by atoms with van der Waals surface area (Å²) in [7, 11) is 0. The Bertz CT molecular complexity index is 416. The zero-order valence-electron chi connectivity index (χ0n) is 7.60. The molecule has 0 atom stereocenters. The lowest BCUT2D eigenvalue weighted by molar-refractivity contribution is 0.601. The van der Waals surface area contributed by atoms with Gasteiger partial charge < -0.3 is 4.90 Å². The number of hydrogen-bond acceptors (Lipinski definition) is 4. The normalized spacial score (nSPS) is 15.6. The van der Waals surface area contributed by atoms with Crippen LogP contribution in [0.25, 0.3) is 10.7 Å². The van der Waals surface area contributed by atoms with E-state index >= 15 is 0 Å². The summed E-state index contributed by atoms with van der Waals surface area (Å²) >= 11 is 1.67. The van der Waals surface area contributed by atoms with Gasteiger partial charge >= 0.3 is 0 Å². The van der Waals surface area contributed by atoms with E-state index in [1.165, 1.54) is 6.42 Å². The molecule has 2 aromatic heterocycles. The highest BCUT2D eigenvalue weighted by atomic mass is 32.1. The van der Waals surface area contributed by atoms with Gasteiger partial charge in [0.2, 0.25) is 5.95 Å². The van der Waals surface area contributed by atoms with Crippen molar-refractivity contribution < 1.29 is 0 Å². The first kappa shape index (κ1) is 7.99. The van der Waals surface area contributed by atoms with Crippen molar-refractivity contribution in [2.75, 3.05) is 18.0 Å². The molecule has 0 spiro atoms. The Kier molecular flexibility index (Phi) is 1.77. The molecule has 3 rings (SSSR count). The quantitative estimate of drug-likeness (QED) is 0.814. The number of anilines is 1. The van der Waals surface area contributed by atoms with Gasteiger partial charge in [0.25, 0.3) is 0 Å². The molecule has 0 amide bonds. The van der Waals surface area contributed by atoms with Crippen LogP contribution in [0.15, 0.2) is 17.5 Å². The lowest BCUT2D eigenvalue weighted by Crippen LogP contribution is -2.37. The highest BCUT2D eigenvalue weighted by Crippen LogP contribution is 2.23. The Morgan fingerprint density at radius 3 is 3.00 bits per heavy atom. The van der Waals surface area contributed by atoms with Crippen LogP contribution in [-0.4, -0.2) is 28.3 Å². The van der Waals surface area contributed by atoms with E-state index in [0.29, 0.717) is 0 Å². The fourth-order valence-electron chi connectivity index (χ4n) is 1.43. The van der Waals surface area contributed by atoms with E-state index in [1.54, 1.807) is 11.3 Å². The van der Waals surface area contributed by atoms with Crippen molar-refractivity contribution >= 4 is 17.3 Å². The molecule has 14 heavy (non-hydrogen) atoms. The Balaban J connectivity index is 1.90. The van der Waals surface area contributed by atoms with Gasteiger partial charge in [-0.15, -0.1) is 16.4 Å². The number of thiophene rings is 1. The van der Waals surface area contributed by atoms with Crippen LogP contribution in [0.1, 0.15) is 6.42 Å². The van der Waals surface area contributed by atoms with Crippen LogP contribution < -0.4 is 4.90 Å². The van der Waals surface area contributed by atoms with Crippen LogP contribution >= 0.6 is 11.3 Å². The first-order valence-corrected chi connectivity index (χ1v) is 5.53. The lowest BCUT2D eigenvalue weighted by Gasteiger charge is -2.29. The summed E-state index contributed by atoms with van der Waals surface area (Å²) < 4.78 is 0. The van der Waals surface area contributed by atoms with Crippen LogP contribution in [0.5, 0.6) is 0 Å². The predicted molar refractivity (Wildman–Crippen MR) is 56.5 cm³/mol. The standard InChI is InChI=1S/C9H10N4S/c1-3-7(14-6-1)8-10-9(12-11-8)13-4-2-5-13/h1,3,6H,2,4-5H2,(H,10,11,12). The van der Waals surface area contributed by atoms with Gasteiger partial charge in [0.1, 0.15) is 0 Å². The van der Waals surface area contributed by atoms with Crippen LogP contribution in [-0.2, 0) is 0 Å². The summed E-state index contributed by atoms with van der Waals surface area (Å²) in [4.78, 5) is 7.76. The molecule has 0 radical (unpaired) electrons. The summed E-state index contributed by atoms with van der Waals surface area (Å²) in [6, 6.07) is 4.07. The number of nitrogens with one attached hydrogen (secondary N) is 1. The van der Waals surface area contributed by atoms with Crippen LogP contribution in [0.4, 0.5) is 5.95 Å². The molecule has 1 aliphatic heterocycles. The van der Waals surface area contributed by atoms with Gasteiger partial charge in [0, 0.05) is 13.1 Å². The molecule has 3 heterocycles.